The van der Waals surface area contributed by atoms with E-state index in [1.54, 1.807) is 19.5 Å². The molecule has 90 valence electrons. The number of aromatic amines is 1. The molecule has 0 spiro atoms. The first-order valence-electron chi connectivity index (χ1n) is 5.37. The van der Waals surface area contributed by atoms with Crippen LogP contribution in [0.15, 0.2) is 24.5 Å². The summed E-state index contributed by atoms with van der Waals surface area (Å²) < 4.78 is 7.62. The zero-order valence-corrected chi connectivity index (χ0v) is 10.4. The molecule has 2 heterocycles. The van der Waals surface area contributed by atoms with Gasteiger partial charge in [-0.05, 0) is 30.8 Å². The highest BCUT2D eigenvalue weighted by molar-refractivity contribution is 7.71. The summed E-state index contributed by atoms with van der Waals surface area (Å²) in [7, 11) is 1.69. The Morgan fingerprint density at radius 1 is 1.53 bits per heavy atom. The number of aromatic nitrogens is 4. The van der Waals surface area contributed by atoms with Crippen molar-refractivity contribution < 1.29 is 4.74 Å². The largest absolute Gasteiger partial charge is 0.385 e. The fourth-order valence-electron chi connectivity index (χ4n) is 1.61. The van der Waals surface area contributed by atoms with E-state index in [1.807, 2.05) is 16.7 Å². The molecule has 2 rings (SSSR count). The molecule has 0 aliphatic carbocycles. The van der Waals surface area contributed by atoms with E-state index in [0.29, 0.717) is 11.4 Å². The molecular weight excluding hydrogens is 236 g/mol. The lowest BCUT2D eigenvalue weighted by Crippen LogP contribution is -2.03. The normalized spacial score (nSPS) is 10.6. The zero-order valence-electron chi connectivity index (χ0n) is 9.59. The van der Waals surface area contributed by atoms with Crippen LogP contribution in [-0.4, -0.2) is 33.5 Å². The first-order valence-corrected chi connectivity index (χ1v) is 5.78. The standard InChI is InChI=1S/C11H14N4OS/c1-16-7-3-6-15-10(13-14-11(15)17)9-4-2-5-12-8-9/h2,4-5,8H,3,6-7H2,1H3,(H,14,17). The Labute approximate surface area is 104 Å². The smallest absolute Gasteiger partial charge is 0.195 e. The van der Waals surface area contributed by atoms with Crippen molar-refractivity contribution in [2.45, 2.75) is 13.0 Å². The monoisotopic (exact) mass is 250 g/mol. The van der Waals surface area contributed by atoms with Crippen LogP contribution in [0.25, 0.3) is 11.4 Å². The molecule has 17 heavy (non-hydrogen) atoms. The minimum absolute atomic E-state index is 0.625. The molecule has 0 saturated carbocycles. The predicted octanol–water partition coefficient (Wildman–Crippen LogP) is 2.04. The molecule has 0 saturated heterocycles. The third-order valence-corrected chi connectivity index (χ3v) is 2.72. The number of rotatable bonds is 5. The number of hydrogen-bond donors (Lipinski definition) is 1. The average molecular weight is 250 g/mol. The van der Waals surface area contributed by atoms with Crippen LogP contribution in [0.5, 0.6) is 0 Å². The minimum atomic E-state index is 0.625. The maximum atomic E-state index is 5.21. The van der Waals surface area contributed by atoms with Crippen molar-refractivity contribution in [2.24, 2.45) is 0 Å². The Balaban J connectivity index is 2.26. The van der Waals surface area contributed by atoms with Crippen molar-refractivity contribution in [3.63, 3.8) is 0 Å². The van der Waals surface area contributed by atoms with Crippen LogP contribution >= 0.6 is 12.2 Å². The van der Waals surface area contributed by atoms with Gasteiger partial charge in [-0.15, -0.1) is 0 Å². The molecule has 6 heteroatoms. The van der Waals surface area contributed by atoms with Gasteiger partial charge in [-0.25, -0.2) is 0 Å². The molecule has 0 aliphatic rings. The van der Waals surface area contributed by atoms with E-state index < -0.39 is 0 Å². The molecule has 2 aromatic rings. The second kappa shape index (κ2) is 5.70. The summed E-state index contributed by atoms with van der Waals surface area (Å²) in [5.41, 5.74) is 0.956. The van der Waals surface area contributed by atoms with E-state index in [9.17, 15) is 0 Å². The molecule has 0 aromatic carbocycles. The molecular formula is C11H14N4OS. The van der Waals surface area contributed by atoms with Gasteiger partial charge in [0.15, 0.2) is 10.6 Å². The summed E-state index contributed by atoms with van der Waals surface area (Å²) in [5.74, 6) is 0.819. The third-order valence-electron chi connectivity index (χ3n) is 2.41. The molecule has 0 radical (unpaired) electrons. The highest BCUT2D eigenvalue weighted by Crippen LogP contribution is 2.15. The van der Waals surface area contributed by atoms with E-state index in [0.717, 1.165) is 24.4 Å². The lowest BCUT2D eigenvalue weighted by Gasteiger charge is -2.05. The van der Waals surface area contributed by atoms with Crippen LogP contribution in [0.1, 0.15) is 6.42 Å². The minimum Gasteiger partial charge on any atom is -0.385 e. The molecule has 0 atom stereocenters. The highest BCUT2D eigenvalue weighted by atomic mass is 32.1. The summed E-state index contributed by atoms with van der Waals surface area (Å²) >= 11 is 5.21. The van der Waals surface area contributed by atoms with Crippen molar-refractivity contribution in [3.05, 3.63) is 29.3 Å². The number of ether oxygens (including phenoxy) is 1. The van der Waals surface area contributed by atoms with Gasteiger partial charge in [0.2, 0.25) is 0 Å². The highest BCUT2D eigenvalue weighted by Gasteiger charge is 2.07. The van der Waals surface area contributed by atoms with E-state index in [2.05, 4.69) is 15.2 Å². The van der Waals surface area contributed by atoms with Crippen molar-refractivity contribution >= 4 is 12.2 Å². The topological polar surface area (TPSA) is 55.7 Å². The second-order valence-electron chi connectivity index (χ2n) is 3.59. The Hall–Kier alpha value is -1.53. The Kier molecular flexibility index (Phi) is 4.00. The fraction of sp³-hybridized carbons (Fsp3) is 0.364. The molecule has 2 aromatic heterocycles. The third kappa shape index (κ3) is 2.78. The van der Waals surface area contributed by atoms with Crippen molar-refractivity contribution in [2.75, 3.05) is 13.7 Å². The van der Waals surface area contributed by atoms with Crippen LogP contribution in [-0.2, 0) is 11.3 Å². The van der Waals surface area contributed by atoms with Gasteiger partial charge in [0.05, 0.1) is 0 Å². The van der Waals surface area contributed by atoms with Gasteiger partial charge < -0.3 is 9.30 Å². The zero-order chi connectivity index (χ0) is 12.1. The first kappa shape index (κ1) is 11.9. The van der Waals surface area contributed by atoms with Gasteiger partial charge in [0.1, 0.15) is 0 Å². The van der Waals surface area contributed by atoms with Crippen LogP contribution < -0.4 is 0 Å². The summed E-state index contributed by atoms with van der Waals surface area (Å²) in [6.45, 7) is 1.49. The van der Waals surface area contributed by atoms with Gasteiger partial charge >= 0.3 is 0 Å². The van der Waals surface area contributed by atoms with Gasteiger partial charge in [-0.2, -0.15) is 5.10 Å². The molecule has 0 fully saturated rings. The fourth-order valence-corrected chi connectivity index (χ4v) is 1.83. The van der Waals surface area contributed by atoms with Crippen LogP contribution in [0.4, 0.5) is 0 Å². The lowest BCUT2D eigenvalue weighted by molar-refractivity contribution is 0.190. The van der Waals surface area contributed by atoms with E-state index in [-0.39, 0.29) is 0 Å². The lowest BCUT2D eigenvalue weighted by atomic mass is 10.2. The second-order valence-corrected chi connectivity index (χ2v) is 3.98. The molecule has 0 bridgehead atoms. The SMILES string of the molecule is COCCCn1c(-c2cccnc2)n[nH]c1=S. The molecule has 0 unspecified atom stereocenters. The number of nitrogens with zero attached hydrogens (tertiary/aromatic N) is 3. The maximum absolute atomic E-state index is 5.21. The van der Waals surface area contributed by atoms with E-state index >= 15 is 0 Å². The number of nitrogens with one attached hydrogen (secondary N) is 1. The van der Waals surface area contributed by atoms with Gasteiger partial charge in [-0.1, -0.05) is 0 Å². The summed E-state index contributed by atoms with van der Waals surface area (Å²) in [5, 5.41) is 7.04. The number of pyridine rings is 1. The maximum Gasteiger partial charge on any atom is 0.195 e. The van der Waals surface area contributed by atoms with Gasteiger partial charge in [-0.3, -0.25) is 10.1 Å². The predicted molar refractivity (Wildman–Crippen MR) is 67.1 cm³/mol. The quantitative estimate of drug-likeness (QED) is 0.651. The van der Waals surface area contributed by atoms with Crippen LogP contribution in [0.2, 0.25) is 0 Å². The van der Waals surface area contributed by atoms with Gasteiger partial charge in [0.25, 0.3) is 0 Å². The van der Waals surface area contributed by atoms with Crippen LogP contribution in [0.3, 0.4) is 0 Å². The number of H-pyrrole nitrogens is 1. The van der Waals surface area contributed by atoms with E-state index in [4.69, 9.17) is 17.0 Å². The Morgan fingerprint density at radius 3 is 3.12 bits per heavy atom. The van der Waals surface area contributed by atoms with Crippen LogP contribution in [0, 0.1) is 4.77 Å². The van der Waals surface area contributed by atoms with Gasteiger partial charge in [0, 0.05) is 38.2 Å². The summed E-state index contributed by atoms with van der Waals surface area (Å²) in [6, 6.07) is 3.84. The number of methoxy groups -OCH3 is 1. The van der Waals surface area contributed by atoms with Crippen molar-refractivity contribution in [1.82, 2.24) is 19.7 Å². The molecule has 0 amide bonds. The Bertz CT molecular complexity index is 520. The average Bonchev–Trinajstić information content (AvgIpc) is 2.73. The number of hydrogen-bond acceptors (Lipinski definition) is 4. The Morgan fingerprint density at radius 2 is 2.41 bits per heavy atom. The summed E-state index contributed by atoms with van der Waals surface area (Å²) in [6.07, 6.45) is 4.41. The first-order chi connectivity index (χ1) is 8.33. The molecule has 0 aliphatic heterocycles. The van der Waals surface area contributed by atoms with Crippen molar-refractivity contribution in [1.29, 1.82) is 0 Å². The van der Waals surface area contributed by atoms with Crippen molar-refractivity contribution in [3.8, 4) is 11.4 Å². The molecule has 5 nitrogen and oxygen atoms in total. The van der Waals surface area contributed by atoms with E-state index in [1.165, 1.54) is 0 Å². The summed E-state index contributed by atoms with van der Waals surface area (Å²) in [4.78, 5) is 4.08. The molecule has 1 N–H and O–H groups in total.